The van der Waals surface area contributed by atoms with Crippen LogP contribution in [0.25, 0.3) is 10.8 Å². The van der Waals surface area contributed by atoms with Crippen LogP contribution in [-0.2, 0) is 24.1 Å². The van der Waals surface area contributed by atoms with Gasteiger partial charge in [-0.15, -0.1) is 0 Å². The summed E-state index contributed by atoms with van der Waals surface area (Å²) in [5.74, 6) is 1.94. The summed E-state index contributed by atoms with van der Waals surface area (Å²) in [6.45, 7) is 1.69. The molecule has 0 N–H and O–H groups in total. The van der Waals surface area contributed by atoms with E-state index in [1.165, 1.54) is 59.6 Å². The van der Waals surface area contributed by atoms with Crippen molar-refractivity contribution in [3.8, 4) is 0 Å². The molecule has 2 atom stereocenters. The Balaban J connectivity index is 1.31. The average molecular weight is 399 g/mol. The summed E-state index contributed by atoms with van der Waals surface area (Å²) in [5, 5.41) is 2.80. The first kappa shape index (κ1) is 20.8. The Labute approximate surface area is 181 Å². The lowest BCUT2D eigenvalue weighted by atomic mass is 9.91. The Kier molecular flexibility index (Phi) is 7.00. The van der Waals surface area contributed by atoms with E-state index in [1.54, 1.807) is 6.92 Å². The summed E-state index contributed by atoms with van der Waals surface area (Å²) in [5.41, 5.74) is 4.45. The molecule has 4 rings (SSSR count). The van der Waals surface area contributed by atoms with E-state index in [2.05, 4.69) is 66.7 Å². The Bertz CT molecular complexity index is 981. The lowest BCUT2D eigenvalue weighted by Crippen LogP contribution is -2.04. The molecule has 0 aliphatic heterocycles. The molecule has 0 radical (unpaired) electrons. The Hall–Kier alpha value is -2.41. The lowest BCUT2D eigenvalue weighted by molar-refractivity contribution is -0.117. The number of Topliss-reactive ketones (excluding diaryl/α,β-unsaturated/α-hetero) is 1. The molecular formula is C29H34O. The molecule has 0 aromatic heterocycles. The van der Waals surface area contributed by atoms with Gasteiger partial charge in [0.25, 0.3) is 0 Å². The first-order chi connectivity index (χ1) is 14.7. The van der Waals surface area contributed by atoms with E-state index in [0.717, 1.165) is 37.5 Å². The third kappa shape index (κ3) is 5.59. The van der Waals surface area contributed by atoms with Crippen molar-refractivity contribution in [1.82, 2.24) is 0 Å². The molecule has 0 bridgehead atoms. The fourth-order valence-electron chi connectivity index (χ4n) is 5.28. The predicted octanol–water partition coefficient (Wildman–Crippen LogP) is 7.34. The van der Waals surface area contributed by atoms with Crippen LogP contribution in [0.5, 0.6) is 0 Å². The minimum atomic E-state index is 0.308. The van der Waals surface area contributed by atoms with Gasteiger partial charge < -0.3 is 4.79 Å². The third-order valence-corrected chi connectivity index (χ3v) is 6.80. The van der Waals surface area contributed by atoms with Crippen LogP contribution in [0.15, 0.2) is 66.7 Å². The molecule has 1 nitrogen and oxygen atoms in total. The molecule has 1 fully saturated rings. The van der Waals surface area contributed by atoms with Crippen molar-refractivity contribution in [3.05, 3.63) is 83.4 Å². The number of carbonyl (C=O) groups is 1. The molecule has 2 unspecified atom stereocenters. The fraction of sp³-hybridized carbons (Fsp3) is 0.414. The SMILES string of the molecule is CC(=O)CCCCc1cccc(CC2CCC(Cc3cccc4ccccc34)C2)c1. The van der Waals surface area contributed by atoms with Gasteiger partial charge in [-0.25, -0.2) is 0 Å². The van der Waals surface area contributed by atoms with Crippen LogP contribution in [0, 0.1) is 11.8 Å². The molecule has 30 heavy (non-hydrogen) atoms. The highest BCUT2D eigenvalue weighted by Crippen LogP contribution is 2.36. The highest BCUT2D eigenvalue weighted by molar-refractivity contribution is 5.85. The summed E-state index contributed by atoms with van der Waals surface area (Å²) in [6.07, 6.45) is 10.4. The first-order valence-corrected chi connectivity index (χ1v) is 11.7. The van der Waals surface area contributed by atoms with Crippen LogP contribution in [-0.4, -0.2) is 5.78 Å². The van der Waals surface area contributed by atoms with Crippen LogP contribution < -0.4 is 0 Å². The second-order valence-corrected chi connectivity index (χ2v) is 9.32. The normalized spacial score (nSPS) is 18.7. The predicted molar refractivity (Wildman–Crippen MR) is 127 cm³/mol. The highest BCUT2D eigenvalue weighted by Gasteiger charge is 2.25. The lowest BCUT2D eigenvalue weighted by Gasteiger charge is -2.14. The molecule has 3 aromatic carbocycles. The Morgan fingerprint density at radius 1 is 0.833 bits per heavy atom. The molecule has 156 valence electrons. The van der Waals surface area contributed by atoms with Crippen LogP contribution >= 0.6 is 0 Å². The maximum absolute atomic E-state index is 11.1. The van der Waals surface area contributed by atoms with Gasteiger partial charge in [0.05, 0.1) is 0 Å². The van der Waals surface area contributed by atoms with Crippen molar-refractivity contribution in [2.45, 2.75) is 64.7 Å². The number of hydrogen-bond acceptors (Lipinski definition) is 1. The highest BCUT2D eigenvalue weighted by atomic mass is 16.1. The van der Waals surface area contributed by atoms with Crippen molar-refractivity contribution in [2.75, 3.05) is 0 Å². The van der Waals surface area contributed by atoms with E-state index >= 15 is 0 Å². The Morgan fingerprint density at radius 2 is 1.57 bits per heavy atom. The number of unbranched alkanes of at least 4 members (excludes halogenated alkanes) is 1. The standard InChI is InChI=1S/C29H34O/c1-22(30)8-2-3-9-23-10-6-11-24(18-23)19-25-16-17-26(20-25)21-28-14-7-13-27-12-4-5-15-29(27)28/h4-7,10-15,18,25-26H,2-3,8-9,16-17,19-21H2,1H3. The zero-order chi connectivity index (χ0) is 20.8. The molecule has 3 aromatic rings. The summed E-state index contributed by atoms with van der Waals surface area (Å²) in [6, 6.07) is 24.7. The first-order valence-electron chi connectivity index (χ1n) is 11.7. The van der Waals surface area contributed by atoms with E-state index in [-0.39, 0.29) is 0 Å². The summed E-state index contributed by atoms with van der Waals surface area (Å²) < 4.78 is 0. The molecule has 0 heterocycles. The van der Waals surface area contributed by atoms with Crippen LogP contribution in [0.2, 0.25) is 0 Å². The maximum Gasteiger partial charge on any atom is 0.129 e. The van der Waals surface area contributed by atoms with Gasteiger partial charge in [0.2, 0.25) is 0 Å². The van der Waals surface area contributed by atoms with E-state index in [9.17, 15) is 4.79 Å². The smallest absolute Gasteiger partial charge is 0.129 e. The summed E-state index contributed by atoms with van der Waals surface area (Å²) in [7, 11) is 0. The monoisotopic (exact) mass is 398 g/mol. The van der Waals surface area contributed by atoms with Gasteiger partial charge in [-0.3, -0.25) is 0 Å². The van der Waals surface area contributed by atoms with E-state index in [4.69, 9.17) is 0 Å². The van der Waals surface area contributed by atoms with Gasteiger partial charge in [0.1, 0.15) is 5.78 Å². The van der Waals surface area contributed by atoms with Gasteiger partial charge in [0.15, 0.2) is 0 Å². The topological polar surface area (TPSA) is 17.1 Å². The second-order valence-electron chi connectivity index (χ2n) is 9.32. The van der Waals surface area contributed by atoms with Gasteiger partial charge in [0, 0.05) is 6.42 Å². The van der Waals surface area contributed by atoms with Crippen molar-refractivity contribution in [1.29, 1.82) is 0 Å². The van der Waals surface area contributed by atoms with Crippen LogP contribution in [0.1, 0.15) is 62.1 Å². The average Bonchev–Trinajstić information content (AvgIpc) is 3.18. The molecule has 0 amide bonds. The Morgan fingerprint density at radius 3 is 2.43 bits per heavy atom. The van der Waals surface area contributed by atoms with E-state index < -0.39 is 0 Å². The third-order valence-electron chi connectivity index (χ3n) is 6.80. The molecule has 1 saturated carbocycles. The molecule has 1 aliphatic carbocycles. The zero-order valence-electron chi connectivity index (χ0n) is 18.3. The summed E-state index contributed by atoms with van der Waals surface area (Å²) >= 11 is 0. The maximum atomic E-state index is 11.1. The molecule has 0 spiro atoms. The second kappa shape index (κ2) is 10.1. The molecule has 1 heteroatoms. The minimum absolute atomic E-state index is 0.308. The van der Waals surface area contributed by atoms with E-state index in [0.29, 0.717) is 5.78 Å². The van der Waals surface area contributed by atoms with Crippen molar-refractivity contribution in [3.63, 3.8) is 0 Å². The number of fused-ring (bicyclic) bond motifs is 1. The van der Waals surface area contributed by atoms with Crippen molar-refractivity contribution >= 4 is 16.6 Å². The van der Waals surface area contributed by atoms with Crippen molar-refractivity contribution < 1.29 is 4.79 Å². The fourth-order valence-corrected chi connectivity index (χ4v) is 5.28. The number of rotatable bonds is 9. The molecule has 0 saturated heterocycles. The summed E-state index contributed by atoms with van der Waals surface area (Å²) in [4.78, 5) is 11.1. The number of aryl methyl sites for hydroxylation is 1. The quantitative estimate of drug-likeness (QED) is 0.345. The largest absolute Gasteiger partial charge is 0.300 e. The number of hydrogen-bond donors (Lipinski definition) is 0. The van der Waals surface area contributed by atoms with Crippen LogP contribution in [0.4, 0.5) is 0 Å². The number of ketones is 1. The number of carbonyl (C=O) groups excluding carboxylic acids is 1. The van der Waals surface area contributed by atoms with Gasteiger partial charge in [-0.05, 0) is 97.6 Å². The molecular weight excluding hydrogens is 364 g/mol. The minimum Gasteiger partial charge on any atom is -0.300 e. The van der Waals surface area contributed by atoms with E-state index in [1.807, 2.05) is 0 Å². The van der Waals surface area contributed by atoms with Gasteiger partial charge >= 0.3 is 0 Å². The van der Waals surface area contributed by atoms with Gasteiger partial charge in [-0.1, -0.05) is 66.7 Å². The zero-order valence-corrected chi connectivity index (χ0v) is 18.3. The number of benzene rings is 3. The molecule has 1 aliphatic rings. The van der Waals surface area contributed by atoms with Crippen molar-refractivity contribution in [2.24, 2.45) is 11.8 Å². The van der Waals surface area contributed by atoms with Crippen LogP contribution in [0.3, 0.4) is 0 Å². The van der Waals surface area contributed by atoms with Gasteiger partial charge in [-0.2, -0.15) is 0 Å².